The Bertz CT molecular complexity index is 2530. The van der Waals surface area contributed by atoms with Crippen molar-refractivity contribution < 1.29 is 0 Å². The summed E-state index contributed by atoms with van der Waals surface area (Å²) in [7, 11) is 0. The molecule has 202 valence electrons. The van der Waals surface area contributed by atoms with Gasteiger partial charge in [0.1, 0.15) is 0 Å². The number of nitriles is 3. The number of nitrogens with zero attached hydrogens (tertiary/aromatic N) is 4. The molecule has 44 heavy (non-hydrogen) atoms. The van der Waals surface area contributed by atoms with Gasteiger partial charge in [-0.15, -0.1) is 11.3 Å². The van der Waals surface area contributed by atoms with Crippen molar-refractivity contribution in [2.24, 2.45) is 0 Å². The molecule has 0 bridgehead atoms. The smallest absolute Gasteiger partial charge is 0.0992 e. The highest BCUT2D eigenvalue weighted by Gasteiger charge is 2.16. The molecule has 0 aliphatic carbocycles. The number of benzene rings is 6. The number of hydrogen-bond acceptors (Lipinski definition) is 4. The molecule has 0 amide bonds. The Balaban J connectivity index is 1.30. The summed E-state index contributed by atoms with van der Waals surface area (Å²) in [6.07, 6.45) is 0. The van der Waals surface area contributed by atoms with E-state index in [9.17, 15) is 15.8 Å². The molecule has 8 aromatic rings. The summed E-state index contributed by atoms with van der Waals surface area (Å²) in [4.78, 5) is 0. The minimum atomic E-state index is 0.548. The average molecular weight is 577 g/mol. The summed E-state index contributed by atoms with van der Waals surface area (Å²) in [5.41, 5.74) is 8.48. The molecule has 0 atom stereocenters. The molecule has 0 unspecified atom stereocenters. The first kappa shape index (κ1) is 25.5. The third kappa shape index (κ3) is 4.03. The highest BCUT2D eigenvalue weighted by atomic mass is 32.1. The maximum Gasteiger partial charge on any atom is 0.0992 e. The minimum Gasteiger partial charge on any atom is -0.309 e. The topological polar surface area (TPSA) is 76.3 Å². The lowest BCUT2D eigenvalue weighted by atomic mass is 9.96. The van der Waals surface area contributed by atoms with Crippen LogP contribution in [0.3, 0.4) is 0 Å². The van der Waals surface area contributed by atoms with Crippen molar-refractivity contribution in [1.29, 1.82) is 15.8 Å². The lowest BCUT2D eigenvalue weighted by Crippen LogP contribution is -1.96. The molecule has 0 saturated heterocycles. The van der Waals surface area contributed by atoms with Gasteiger partial charge in [-0.05, 0) is 101 Å². The molecular weight excluding hydrogens is 557 g/mol. The van der Waals surface area contributed by atoms with Crippen LogP contribution in [0.1, 0.15) is 16.7 Å². The monoisotopic (exact) mass is 576 g/mol. The van der Waals surface area contributed by atoms with Crippen LogP contribution >= 0.6 is 11.3 Å². The number of fused-ring (bicyclic) bond motifs is 6. The van der Waals surface area contributed by atoms with Gasteiger partial charge in [0.05, 0.1) is 45.9 Å². The Morgan fingerprint density at radius 1 is 0.432 bits per heavy atom. The van der Waals surface area contributed by atoms with Crippen LogP contribution in [-0.4, -0.2) is 4.57 Å². The van der Waals surface area contributed by atoms with Crippen molar-refractivity contribution in [2.45, 2.75) is 0 Å². The van der Waals surface area contributed by atoms with Crippen molar-refractivity contribution in [3.8, 4) is 46.1 Å². The van der Waals surface area contributed by atoms with Crippen LogP contribution in [0.5, 0.6) is 0 Å². The van der Waals surface area contributed by atoms with Gasteiger partial charge < -0.3 is 4.57 Å². The fourth-order valence-corrected chi connectivity index (χ4v) is 7.28. The highest BCUT2D eigenvalue weighted by Crippen LogP contribution is 2.38. The van der Waals surface area contributed by atoms with Crippen molar-refractivity contribution in [3.05, 3.63) is 138 Å². The van der Waals surface area contributed by atoms with Crippen LogP contribution in [0.4, 0.5) is 0 Å². The maximum absolute atomic E-state index is 10.1. The van der Waals surface area contributed by atoms with E-state index in [0.29, 0.717) is 16.7 Å². The molecule has 0 fully saturated rings. The molecule has 6 aromatic carbocycles. The van der Waals surface area contributed by atoms with Crippen LogP contribution in [0.15, 0.2) is 121 Å². The molecule has 0 aliphatic rings. The molecule has 0 spiro atoms. The lowest BCUT2D eigenvalue weighted by Gasteiger charge is -2.12. The second kappa shape index (κ2) is 9.97. The van der Waals surface area contributed by atoms with Gasteiger partial charge in [0.2, 0.25) is 0 Å². The number of hydrogen-bond donors (Lipinski definition) is 0. The Hall–Kier alpha value is -6.19. The molecule has 4 nitrogen and oxygen atoms in total. The first-order valence-corrected chi connectivity index (χ1v) is 14.9. The predicted octanol–water partition coefficient (Wildman–Crippen LogP) is 10.1. The second-order valence-electron chi connectivity index (χ2n) is 10.8. The third-order valence-electron chi connectivity index (χ3n) is 8.23. The van der Waals surface area contributed by atoms with E-state index in [2.05, 4.69) is 95.6 Å². The number of aromatic nitrogens is 1. The van der Waals surface area contributed by atoms with Crippen LogP contribution in [-0.2, 0) is 0 Å². The second-order valence-corrected chi connectivity index (χ2v) is 11.9. The van der Waals surface area contributed by atoms with E-state index < -0.39 is 0 Å². The van der Waals surface area contributed by atoms with Gasteiger partial charge in [0.25, 0.3) is 0 Å². The minimum absolute atomic E-state index is 0.548. The zero-order valence-electron chi connectivity index (χ0n) is 23.2. The van der Waals surface area contributed by atoms with Crippen LogP contribution in [0.25, 0.3) is 69.9 Å². The number of rotatable bonds is 3. The van der Waals surface area contributed by atoms with Gasteiger partial charge in [-0.3, -0.25) is 0 Å². The summed E-state index contributed by atoms with van der Waals surface area (Å²) in [5.74, 6) is 0. The van der Waals surface area contributed by atoms with E-state index in [4.69, 9.17) is 0 Å². The van der Waals surface area contributed by atoms with Gasteiger partial charge in [-0.2, -0.15) is 15.8 Å². The lowest BCUT2D eigenvalue weighted by molar-refractivity contribution is 1.18. The van der Waals surface area contributed by atoms with Crippen molar-refractivity contribution in [2.75, 3.05) is 0 Å². The molecule has 0 saturated carbocycles. The molecule has 0 aliphatic heterocycles. The predicted molar refractivity (Wildman–Crippen MR) is 179 cm³/mol. The van der Waals surface area contributed by atoms with Gasteiger partial charge >= 0.3 is 0 Å². The molecule has 0 radical (unpaired) electrons. The summed E-state index contributed by atoms with van der Waals surface area (Å²) in [6.45, 7) is 0. The summed E-state index contributed by atoms with van der Waals surface area (Å²) >= 11 is 1.81. The fraction of sp³-hybridized carbons (Fsp3) is 0. The van der Waals surface area contributed by atoms with E-state index in [1.54, 1.807) is 12.1 Å². The summed E-state index contributed by atoms with van der Waals surface area (Å²) in [6, 6.07) is 47.5. The summed E-state index contributed by atoms with van der Waals surface area (Å²) < 4.78 is 4.66. The first-order valence-electron chi connectivity index (χ1n) is 14.1. The van der Waals surface area contributed by atoms with E-state index in [1.165, 1.54) is 20.2 Å². The molecule has 2 heterocycles. The van der Waals surface area contributed by atoms with Crippen molar-refractivity contribution in [3.63, 3.8) is 0 Å². The van der Waals surface area contributed by atoms with E-state index in [1.807, 2.05) is 47.7 Å². The van der Waals surface area contributed by atoms with Crippen LogP contribution < -0.4 is 0 Å². The van der Waals surface area contributed by atoms with Crippen LogP contribution in [0.2, 0.25) is 0 Å². The average Bonchev–Trinajstić information content (AvgIpc) is 3.62. The first-order chi connectivity index (χ1) is 21.6. The van der Waals surface area contributed by atoms with Gasteiger partial charge in [-0.25, -0.2) is 0 Å². The molecule has 2 aromatic heterocycles. The largest absolute Gasteiger partial charge is 0.309 e. The Labute approximate surface area is 257 Å². The zero-order valence-corrected chi connectivity index (χ0v) is 24.1. The van der Waals surface area contributed by atoms with Gasteiger partial charge in [0, 0.05) is 36.6 Å². The normalized spacial score (nSPS) is 11.1. The van der Waals surface area contributed by atoms with E-state index >= 15 is 0 Å². The maximum atomic E-state index is 10.1. The molecule has 5 heteroatoms. The Morgan fingerprint density at radius 3 is 1.77 bits per heavy atom. The highest BCUT2D eigenvalue weighted by molar-refractivity contribution is 7.25. The Morgan fingerprint density at radius 2 is 1.07 bits per heavy atom. The third-order valence-corrected chi connectivity index (χ3v) is 9.39. The number of thiophene rings is 1. The van der Waals surface area contributed by atoms with Crippen LogP contribution in [0, 0.1) is 34.0 Å². The molecule has 0 N–H and O–H groups in total. The zero-order chi connectivity index (χ0) is 29.8. The SMILES string of the molecule is N#Cc1cc(-c2cccc(-c3ccc4sc5ccccc5c4c3)c2)cc(-n2c3ccc(C#N)cc3c3cc(C#N)ccc32)c1. The molecular formula is C39H20N4S. The van der Waals surface area contributed by atoms with Crippen molar-refractivity contribution in [1.82, 2.24) is 4.57 Å². The van der Waals surface area contributed by atoms with E-state index in [0.717, 1.165) is 49.7 Å². The fourth-order valence-electron chi connectivity index (χ4n) is 6.20. The van der Waals surface area contributed by atoms with Crippen molar-refractivity contribution >= 4 is 53.3 Å². The summed E-state index contributed by atoms with van der Waals surface area (Å²) in [5, 5.41) is 33.5. The van der Waals surface area contributed by atoms with Gasteiger partial charge in [0.15, 0.2) is 0 Å². The standard InChI is InChI=1S/C39H20N4S/c40-21-24-8-11-36-33(16-24)34-17-25(22-41)9-12-37(34)43(36)31-15-26(23-42)14-30(19-31)28-5-3-4-27(18-28)29-10-13-39-35(20-29)32-6-1-2-7-38(32)44-39/h1-20H. The van der Waals surface area contributed by atoms with E-state index in [-0.39, 0.29) is 0 Å². The Kier molecular flexibility index (Phi) is 5.78. The molecule has 8 rings (SSSR count). The quantitative estimate of drug-likeness (QED) is 0.210. The van der Waals surface area contributed by atoms with Gasteiger partial charge in [-0.1, -0.05) is 42.5 Å².